The first-order valence-electron chi connectivity index (χ1n) is 5.68. The average molecular weight is 207 g/mol. The molecule has 2 heteroatoms. The zero-order valence-corrected chi connectivity index (χ0v) is 9.17. The van der Waals surface area contributed by atoms with Gasteiger partial charge in [0.15, 0.2) is 0 Å². The van der Waals surface area contributed by atoms with E-state index in [-0.39, 0.29) is 5.82 Å². The maximum atomic E-state index is 13.0. The number of halogens is 1. The molecule has 0 radical (unpaired) electrons. The van der Waals surface area contributed by atoms with Gasteiger partial charge in [-0.05, 0) is 60.9 Å². The van der Waals surface area contributed by atoms with E-state index in [2.05, 4.69) is 6.92 Å². The summed E-state index contributed by atoms with van der Waals surface area (Å²) >= 11 is 0. The summed E-state index contributed by atoms with van der Waals surface area (Å²) in [4.78, 5) is 0. The SMILES string of the molecule is CC(CN)C1CCc2cc(F)ccc2C1. The maximum Gasteiger partial charge on any atom is 0.123 e. The van der Waals surface area contributed by atoms with Crippen molar-refractivity contribution in [2.24, 2.45) is 17.6 Å². The van der Waals surface area contributed by atoms with Crippen LogP contribution in [0.5, 0.6) is 0 Å². The van der Waals surface area contributed by atoms with E-state index in [1.807, 2.05) is 6.07 Å². The number of aryl methyl sites for hydroxylation is 1. The molecule has 0 saturated heterocycles. The molecule has 2 unspecified atom stereocenters. The van der Waals surface area contributed by atoms with Crippen LogP contribution in [0.3, 0.4) is 0 Å². The zero-order valence-electron chi connectivity index (χ0n) is 9.17. The van der Waals surface area contributed by atoms with Gasteiger partial charge >= 0.3 is 0 Å². The highest BCUT2D eigenvalue weighted by Gasteiger charge is 2.22. The number of fused-ring (bicyclic) bond motifs is 1. The van der Waals surface area contributed by atoms with Crippen molar-refractivity contribution >= 4 is 0 Å². The van der Waals surface area contributed by atoms with Crippen LogP contribution in [-0.4, -0.2) is 6.54 Å². The van der Waals surface area contributed by atoms with Gasteiger partial charge in [0.1, 0.15) is 5.82 Å². The summed E-state index contributed by atoms with van der Waals surface area (Å²) in [7, 11) is 0. The van der Waals surface area contributed by atoms with E-state index in [0.29, 0.717) is 11.8 Å². The van der Waals surface area contributed by atoms with Crippen LogP contribution in [-0.2, 0) is 12.8 Å². The Labute approximate surface area is 90.5 Å². The summed E-state index contributed by atoms with van der Waals surface area (Å²) in [5, 5.41) is 0. The van der Waals surface area contributed by atoms with Gasteiger partial charge in [0.05, 0.1) is 0 Å². The van der Waals surface area contributed by atoms with Crippen molar-refractivity contribution in [3.05, 3.63) is 35.1 Å². The molecule has 0 amide bonds. The fourth-order valence-electron chi connectivity index (χ4n) is 2.43. The molecule has 2 atom stereocenters. The second kappa shape index (κ2) is 4.31. The van der Waals surface area contributed by atoms with Gasteiger partial charge in [-0.1, -0.05) is 13.0 Å². The van der Waals surface area contributed by atoms with Crippen LogP contribution >= 0.6 is 0 Å². The molecule has 1 aliphatic carbocycles. The second-order valence-corrected chi connectivity index (χ2v) is 4.63. The summed E-state index contributed by atoms with van der Waals surface area (Å²) in [6.07, 6.45) is 3.21. The Bertz CT molecular complexity index is 348. The smallest absolute Gasteiger partial charge is 0.123 e. The van der Waals surface area contributed by atoms with E-state index in [1.54, 1.807) is 12.1 Å². The van der Waals surface area contributed by atoms with Crippen molar-refractivity contribution < 1.29 is 4.39 Å². The highest BCUT2D eigenvalue weighted by Crippen LogP contribution is 2.30. The van der Waals surface area contributed by atoms with Gasteiger partial charge in [0.25, 0.3) is 0 Å². The van der Waals surface area contributed by atoms with Gasteiger partial charge in [-0.2, -0.15) is 0 Å². The van der Waals surface area contributed by atoms with Gasteiger partial charge in [-0.25, -0.2) is 4.39 Å². The minimum atomic E-state index is -0.112. The summed E-state index contributed by atoms with van der Waals surface area (Å²) < 4.78 is 13.0. The lowest BCUT2D eigenvalue weighted by Gasteiger charge is -2.28. The maximum absolute atomic E-state index is 13.0. The first kappa shape index (κ1) is 10.6. The lowest BCUT2D eigenvalue weighted by atomic mass is 9.78. The zero-order chi connectivity index (χ0) is 10.8. The molecule has 1 aliphatic rings. The molecule has 0 aromatic heterocycles. The van der Waals surface area contributed by atoms with Crippen LogP contribution < -0.4 is 5.73 Å². The van der Waals surface area contributed by atoms with Crippen LogP contribution in [0, 0.1) is 17.7 Å². The van der Waals surface area contributed by atoms with Crippen LogP contribution in [0.1, 0.15) is 24.5 Å². The molecule has 1 aromatic rings. The number of benzene rings is 1. The molecule has 0 fully saturated rings. The number of hydrogen-bond acceptors (Lipinski definition) is 1. The van der Waals surface area contributed by atoms with Crippen LogP contribution in [0.4, 0.5) is 4.39 Å². The predicted octanol–water partition coefficient (Wildman–Crippen LogP) is 2.53. The predicted molar refractivity (Wildman–Crippen MR) is 60.1 cm³/mol. The lowest BCUT2D eigenvalue weighted by molar-refractivity contribution is 0.327. The number of rotatable bonds is 2. The van der Waals surface area contributed by atoms with Crippen LogP contribution in [0.15, 0.2) is 18.2 Å². The summed E-state index contributed by atoms with van der Waals surface area (Å²) in [5.41, 5.74) is 8.19. The van der Waals surface area contributed by atoms with Crippen LogP contribution in [0.25, 0.3) is 0 Å². The highest BCUT2D eigenvalue weighted by molar-refractivity contribution is 5.30. The summed E-state index contributed by atoms with van der Waals surface area (Å²) in [5.74, 6) is 1.13. The van der Waals surface area contributed by atoms with Crippen molar-refractivity contribution in [1.82, 2.24) is 0 Å². The first-order chi connectivity index (χ1) is 7.20. The molecule has 2 rings (SSSR count). The highest BCUT2D eigenvalue weighted by atomic mass is 19.1. The van der Waals surface area contributed by atoms with E-state index in [4.69, 9.17) is 5.73 Å². The minimum absolute atomic E-state index is 0.112. The van der Waals surface area contributed by atoms with Crippen molar-refractivity contribution in [3.63, 3.8) is 0 Å². The van der Waals surface area contributed by atoms with Gasteiger partial charge < -0.3 is 5.73 Å². The van der Waals surface area contributed by atoms with Crippen molar-refractivity contribution in [2.45, 2.75) is 26.2 Å². The van der Waals surface area contributed by atoms with Crippen molar-refractivity contribution in [1.29, 1.82) is 0 Å². The van der Waals surface area contributed by atoms with E-state index in [9.17, 15) is 4.39 Å². The third-order valence-electron chi connectivity index (χ3n) is 3.61. The average Bonchev–Trinajstić information content (AvgIpc) is 2.27. The molecular formula is C13H18FN. The molecule has 1 aromatic carbocycles. The molecule has 0 aliphatic heterocycles. The summed E-state index contributed by atoms with van der Waals surface area (Å²) in [6, 6.07) is 5.17. The Morgan fingerprint density at radius 2 is 2.27 bits per heavy atom. The van der Waals surface area contributed by atoms with Gasteiger partial charge in [0.2, 0.25) is 0 Å². The van der Waals surface area contributed by atoms with Crippen molar-refractivity contribution in [2.75, 3.05) is 6.54 Å². The molecule has 1 nitrogen and oxygen atoms in total. The Balaban J connectivity index is 2.16. The second-order valence-electron chi connectivity index (χ2n) is 4.63. The Hall–Kier alpha value is -0.890. The third kappa shape index (κ3) is 2.20. The van der Waals surface area contributed by atoms with Gasteiger partial charge in [0, 0.05) is 0 Å². The van der Waals surface area contributed by atoms with E-state index >= 15 is 0 Å². The fourth-order valence-corrected chi connectivity index (χ4v) is 2.43. The standard InChI is InChI=1S/C13H18FN/c1-9(8-15)10-2-3-12-7-13(14)5-4-11(12)6-10/h4-5,7,9-10H,2-3,6,8,15H2,1H3. The first-order valence-corrected chi connectivity index (χ1v) is 5.68. The lowest BCUT2D eigenvalue weighted by Crippen LogP contribution is -2.26. The molecule has 0 spiro atoms. The van der Waals surface area contributed by atoms with Crippen molar-refractivity contribution in [3.8, 4) is 0 Å². The van der Waals surface area contributed by atoms with E-state index in [1.165, 1.54) is 11.1 Å². The number of hydrogen-bond donors (Lipinski definition) is 1. The molecule has 2 N–H and O–H groups in total. The molecule has 15 heavy (non-hydrogen) atoms. The molecule has 0 heterocycles. The largest absolute Gasteiger partial charge is 0.330 e. The fraction of sp³-hybridized carbons (Fsp3) is 0.538. The van der Waals surface area contributed by atoms with E-state index < -0.39 is 0 Å². The Morgan fingerprint density at radius 1 is 1.47 bits per heavy atom. The topological polar surface area (TPSA) is 26.0 Å². The summed E-state index contributed by atoms with van der Waals surface area (Å²) in [6.45, 7) is 2.96. The normalized spacial score (nSPS) is 22.2. The molecule has 0 saturated carbocycles. The van der Waals surface area contributed by atoms with Gasteiger partial charge in [-0.15, -0.1) is 0 Å². The quantitative estimate of drug-likeness (QED) is 0.792. The molecule has 82 valence electrons. The Morgan fingerprint density at radius 3 is 3.00 bits per heavy atom. The monoisotopic (exact) mass is 207 g/mol. The van der Waals surface area contributed by atoms with Gasteiger partial charge in [-0.3, -0.25) is 0 Å². The Kier molecular flexibility index (Phi) is 3.06. The third-order valence-corrected chi connectivity index (χ3v) is 3.61. The minimum Gasteiger partial charge on any atom is -0.330 e. The van der Waals surface area contributed by atoms with Crippen LogP contribution in [0.2, 0.25) is 0 Å². The molecule has 0 bridgehead atoms. The number of nitrogens with two attached hydrogens (primary N) is 1. The molecular weight excluding hydrogens is 189 g/mol. The van der Waals surface area contributed by atoms with E-state index in [0.717, 1.165) is 25.8 Å².